The number of likely N-dealkylation sites (tertiary alicyclic amines) is 1. The number of anilines is 1. The molecular formula is C16H22N4. The largest absolute Gasteiger partial charge is 0.371 e. The molecule has 4 nitrogen and oxygen atoms in total. The Labute approximate surface area is 121 Å². The second-order valence-corrected chi connectivity index (χ2v) is 5.83. The first kappa shape index (κ1) is 13.4. The number of pyridine rings is 1. The van der Waals surface area contributed by atoms with E-state index < -0.39 is 0 Å². The van der Waals surface area contributed by atoms with Gasteiger partial charge in [0.15, 0.2) is 0 Å². The lowest BCUT2D eigenvalue weighted by Gasteiger charge is -2.41. The molecule has 0 aromatic carbocycles. The monoisotopic (exact) mass is 270 g/mol. The van der Waals surface area contributed by atoms with Gasteiger partial charge in [0, 0.05) is 31.0 Å². The fourth-order valence-electron chi connectivity index (χ4n) is 3.45. The Bertz CT molecular complexity index is 479. The molecule has 2 aliphatic heterocycles. The highest BCUT2D eigenvalue weighted by atomic mass is 15.2. The number of nitrogens with zero attached hydrogens (tertiary/aromatic N) is 4. The van der Waals surface area contributed by atoms with Crippen LogP contribution in [0.4, 0.5) is 5.69 Å². The zero-order valence-corrected chi connectivity index (χ0v) is 12.0. The van der Waals surface area contributed by atoms with Gasteiger partial charge in [-0.2, -0.15) is 5.26 Å². The summed E-state index contributed by atoms with van der Waals surface area (Å²) in [4.78, 5) is 9.13. The zero-order chi connectivity index (χ0) is 13.8. The van der Waals surface area contributed by atoms with Gasteiger partial charge in [-0.1, -0.05) is 6.42 Å². The molecule has 0 radical (unpaired) electrons. The van der Waals surface area contributed by atoms with E-state index in [9.17, 15) is 0 Å². The van der Waals surface area contributed by atoms with Crippen LogP contribution in [0.25, 0.3) is 0 Å². The van der Waals surface area contributed by atoms with E-state index in [1.165, 1.54) is 45.2 Å². The third-order valence-corrected chi connectivity index (χ3v) is 4.59. The smallest absolute Gasteiger partial charge is 0.142 e. The Morgan fingerprint density at radius 1 is 1.10 bits per heavy atom. The van der Waals surface area contributed by atoms with Crippen molar-refractivity contribution in [3.8, 4) is 6.07 Å². The Morgan fingerprint density at radius 2 is 1.85 bits per heavy atom. The molecule has 4 heteroatoms. The van der Waals surface area contributed by atoms with Crippen LogP contribution in [0.3, 0.4) is 0 Å². The van der Waals surface area contributed by atoms with E-state index in [1.54, 1.807) is 6.20 Å². The minimum Gasteiger partial charge on any atom is -0.371 e. The third-order valence-electron chi connectivity index (χ3n) is 4.59. The van der Waals surface area contributed by atoms with E-state index in [0.717, 1.165) is 24.8 Å². The molecule has 0 spiro atoms. The van der Waals surface area contributed by atoms with Crippen LogP contribution < -0.4 is 4.90 Å². The molecule has 20 heavy (non-hydrogen) atoms. The highest BCUT2D eigenvalue weighted by molar-refractivity contribution is 5.49. The van der Waals surface area contributed by atoms with Crippen LogP contribution in [0.15, 0.2) is 18.3 Å². The normalized spacial score (nSPS) is 21.6. The number of rotatable bonds is 2. The molecule has 0 aliphatic carbocycles. The first-order valence-electron chi connectivity index (χ1n) is 7.72. The maximum atomic E-state index is 8.93. The second-order valence-electron chi connectivity index (χ2n) is 5.83. The van der Waals surface area contributed by atoms with Crippen molar-refractivity contribution in [2.24, 2.45) is 0 Å². The van der Waals surface area contributed by atoms with Crippen molar-refractivity contribution in [1.29, 1.82) is 5.26 Å². The summed E-state index contributed by atoms with van der Waals surface area (Å²) in [5, 5.41) is 8.93. The summed E-state index contributed by atoms with van der Waals surface area (Å²) in [6.07, 6.45) is 8.37. The lowest BCUT2D eigenvalue weighted by molar-refractivity contribution is 0.141. The van der Waals surface area contributed by atoms with Crippen LogP contribution in [0.2, 0.25) is 0 Å². The maximum absolute atomic E-state index is 8.93. The zero-order valence-electron chi connectivity index (χ0n) is 12.0. The van der Waals surface area contributed by atoms with Crippen LogP contribution in [0.5, 0.6) is 0 Å². The second kappa shape index (κ2) is 6.23. The van der Waals surface area contributed by atoms with Gasteiger partial charge in [-0.25, -0.2) is 4.98 Å². The van der Waals surface area contributed by atoms with Crippen molar-refractivity contribution in [3.05, 3.63) is 24.0 Å². The van der Waals surface area contributed by atoms with E-state index >= 15 is 0 Å². The fraction of sp³-hybridized carbons (Fsp3) is 0.625. The van der Waals surface area contributed by atoms with Gasteiger partial charge in [-0.15, -0.1) is 0 Å². The number of piperidine rings is 2. The lowest BCUT2D eigenvalue weighted by Crippen LogP contribution is -2.46. The van der Waals surface area contributed by atoms with Crippen LogP contribution in [-0.4, -0.2) is 42.1 Å². The van der Waals surface area contributed by atoms with E-state index in [0.29, 0.717) is 5.69 Å². The molecule has 1 aromatic heterocycles. The number of hydrogen-bond donors (Lipinski definition) is 0. The standard InChI is InChI=1S/C16H22N4/c17-13-14-12-16(4-7-18-14)20-10-5-15(6-11-20)19-8-2-1-3-9-19/h4,7,12,15H,1-3,5-6,8-11H2. The Hall–Kier alpha value is -1.60. The van der Waals surface area contributed by atoms with Crippen LogP contribution in [-0.2, 0) is 0 Å². The first-order valence-corrected chi connectivity index (χ1v) is 7.72. The summed E-state index contributed by atoms with van der Waals surface area (Å²) in [6.45, 7) is 4.77. The molecule has 2 aliphatic rings. The van der Waals surface area contributed by atoms with E-state index in [2.05, 4.69) is 20.9 Å². The predicted octanol–water partition coefficient (Wildman–Crippen LogP) is 2.41. The molecule has 0 bridgehead atoms. The average Bonchev–Trinajstić information content (AvgIpc) is 2.56. The predicted molar refractivity (Wildman–Crippen MR) is 79.6 cm³/mol. The topological polar surface area (TPSA) is 43.2 Å². The summed E-state index contributed by atoms with van der Waals surface area (Å²) in [7, 11) is 0. The van der Waals surface area contributed by atoms with E-state index in [-0.39, 0.29) is 0 Å². The highest BCUT2D eigenvalue weighted by Gasteiger charge is 2.25. The Kier molecular flexibility index (Phi) is 4.17. The summed E-state index contributed by atoms with van der Waals surface area (Å²) in [5.74, 6) is 0. The van der Waals surface area contributed by atoms with Crippen LogP contribution >= 0.6 is 0 Å². The Balaban J connectivity index is 1.59. The van der Waals surface area contributed by atoms with Gasteiger partial charge in [0.25, 0.3) is 0 Å². The molecule has 0 atom stereocenters. The van der Waals surface area contributed by atoms with Crippen molar-refractivity contribution in [2.45, 2.75) is 38.1 Å². The number of hydrogen-bond acceptors (Lipinski definition) is 4. The van der Waals surface area contributed by atoms with E-state index in [4.69, 9.17) is 5.26 Å². The van der Waals surface area contributed by atoms with Crippen LogP contribution in [0, 0.1) is 11.3 Å². The summed E-state index contributed by atoms with van der Waals surface area (Å²) in [6, 6.07) is 6.81. The lowest BCUT2D eigenvalue weighted by atomic mass is 9.99. The first-order chi connectivity index (χ1) is 9.86. The molecular weight excluding hydrogens is 248 g/mol. The molecule has 3 heterocycles. The van der Waals surface area contributed by atoms with Crippen molar-refractivity contribution in [3.63, 3.8) is 0 Å². The van der Waals surface area contributed by atoms with Crippen molar-refractivity contribution >= 4 is 5.69 Å². The quantitative estimate of drug-likeness (QED) is 0.827. The van der Waals surface area contributed by atoms with Crippen molar-refractivity contribution in [1.82, 2.24) is 9.88 Å². The minimum atomic E-state index is 0.514. The van der Waals surface area contributed by atoms with Gasteiger partial charge < -0.3 is 9.80 Å². The molecule has 0 unspecified atom stereocenters. The van der Waals surface area contributed by atoms with Gasteiger partial charge in [-0.05, 0) is 50.9 Å². The third kappa shape index (κ3) is 2.94. The fourth-order valence-corrected chi connectivity index (χ4v) is 3.45. The molecule has 1 aromatic rings. The minimum absolute atomic E-state index is 0.514. The number of aromatic nitrogens is 1. The van der Waals surface area contributed by atoms with Crippen molar-refractivity contribution in [2.75, 3.05) is 31.1 Å². The molecule has 0 amide bonds. The molecule has 2 fully saturated rings. The summed E-state index contributed by atoms with van der Waals surface area (Å²) >= 11 is 0. The molecule has 0 N–H and O–H groups in total. The number of nitriles is 1. The van der Waals surface area contributed by atoms with Gasteiger partial charge in [0.05, 0.1) is 0 Å². The van der Waals surface area contributed by atoms with Gasteiger partial charge in [0.1, 0.15) is 11.8 Å². The molecule has 3 rings (SSSR count). The van der Waals surface area contributed by atoms with Gasteiger partial charge in [0.2, 0.25) is 0 Å². The van der Waals surface area contributed by atoms with Crippen LogP contribution in [0.1, 0.15) is 37.8 Å². The molecule has 0 saturated carbocycles. The molecule has 106 valence electrons. The van der Waals surface area contributed by atoms with E-state index in [1.807, 2.05) is 12.1 Å². The molecule has 2 saturated heterocycles. The maximum Gasteiger partial charge on any atom is 0.142 e. The SMILES string of the molecule is N#Cc1cc(N2CCC(N3CCCCC3)CC2)ccn1. The summed E-state index contributed by atoms with van der Waals surface area (Å²) < 4.78 is 0. The van der Waals surface area contributed by atoms with Gasteiger partial charge >= 0.3 is 0 Å². The van der Waals surface area contributed by atoms with Crippen molar-refractivity contribution < 1.29 is 0 Å². The summed E-state index contributed by atoms with van der Waals surface area (Å²) in [5.41, 5.74) is 1.66. The van der Waals surface area contributed by atoms with Gasteiger partial charge in [-0.3, -0.25) is 0 Å². The Morgan fingerprint density at radius 3 is 2.55 bits per heavy atom. The average molecular weight is 270 g/mol. The highest BCUT2D eigenvalue weighted by Crippen LogP contribution is 2.24.